The van der Waals surface area contributed by atoms with Crippen molar-refractivity contribution >= 4 is 17.6 Å². The van der Waals surface area contributed by atoms with Gasteiger partial charge in [-0.15, -0.1) is 0 Å². The second-order valence-corrected chi connectivity index (χ2v) is 4.21. The van der Waals surface area contributed by atoms with Gasteiger partial charge in [0.1, 0.15) is 6.54 Å². The summed E-state index contributed by atoms with van der Waals surface area (Å²) in [5, 5.41) is 12.3. The number of carbonyl (C=O) groups is 2. The molecule has 22 heavy (non-hydrogen) atoms. The van der Waals surface area contributed by atoms with E-state index in [0.29, 0.717) is 5.69 Å². The molecule has 0 aliphatic carbocycles. The van der Waals surface area contributed by atoms with Crippen molar-refractivity contribution in [1.29, 1.82) is 0 Å². The molecule has 0 amide bonds. The summed E-state index contributed by atoms with van der Waals surface area (Å²) in [6.07, 6.45) is -5.25. The van der Waals surface area contributed by atoms with E-state index in [1.54, 1.807) is 0 Å². The van der Waals surface area contributed by atoms with Gasteiger partial charge >= 0.3 is 18.1 Å². The van der Waals surface area contributed by atoms with Crippen LogP contribution in [0.1, 0.15) is 5.56 Å². The zero-order valence-corrected chi connectivity index (χ0v) is 11.7. The van der Waals surface area contributed by atoms with E-state index in [9.17, 15) is 27.9 Å². The molecule has 0 saturated carbocycles. The quantitative estimate of drug-likeness (QED) is 0.793. The Balaban J connectivity index is 3.04. The highest BCUT2D eigenvalue weighted by Crippen LogP contribution is 2.40. The summed E-state index contributed by atoms with van der Waals surface area (Å²) in [6.45, 7) is -0.184. The highest BCUT2D eigenvalue weighted by molar-refractivity contribution is 5.82. The lowest BCUT2D eigenvalue weighted by Gasteiger charge is -2.28. The number of ether oxygens (including phenoxy) is 2. The molecule has 9 heteroatoms. The molecular formula is C13H14F3NO5. The molecule has 1 atom stereocenters. The topological polar surface area (TPSA) is 84.9 Å². The number of hydrogen-bond donors (Lipinski definition) is 2. The minimum atomic E-state index is -5.25. The van der Waals surface area contributed by atoms with Gasteiger partial charge in [-0.1, -0.05) is 12.1 Å². The maximum atomic E-state index is 13.0. The largest absolute Gasteiger partial charge is 0.468 e. The Bertz CT molecular complexity index is 544. The first-order chi connectivity index (χ1) is 10.2. The molecule has 122 valence electrons. The van der Waals surface area contributed by atoms with Crippen LogP contribution in [0.4, 0.5) is 18.9 Å². The van der Waals surface area contributed by atoms with Gasteiger partial charge in [0.15, 0.2) is 0 Å². The van der Waals surface area contributed by atoms with Crippen LogP contribution in [0.15, 0.2) is 24.3 Å². The lowest BCUT2D eigenvalue weighted by molar-refractivity contribution is -0.266. The molecule has 0 fully saturated rings. The number of methoxy groups -OCH3 is 2. The van der Waals surface area contributed by atoms with Crippen LogP contribution >= 0.6 is 0 Å². The minimum Gasteiger partial charge on any atom is -0.468 e. The molecule has 0 unspecified atom stereocenters. The Kier molecular flexibility index (Phi) is 5.37. The number of halogens is 3. The van der Waals surface area contributed by atoms with Crippen LogP contribution in [0, 0.1) is 0 Å². The third kappa shape index (κ3) is 3.48. The SMILES string of the molecule is COC(=O)CNc1ccc([C@](O)(C(=O)OC)C(F)(F)F)cc1. The molecule has 0 saturated heterocycles. The molecule has 0 radical (unpaired) electrons. The fraction of sp³-hybridized carbons (Fsp3) is 0.385. The Morgan fingerprint density at radius 1 is 1.14 bits per heavy atom. The number of hydrogen-bond acceptors (Lipinski definition) is 6. The number of esters is 2. The lowest BCUT2D eigenvalue weighted by Crippen LogP contribution is -2.49. The van der Waals surface area contributed by atoms with Gasteiger partial charge in [0.2, 0.25) is 0 Å². The minimum absolute atomic E-state index is 0.184. The maximum Gasteiger partial charge on any atom is 0.432 e. The predicted octanol–water partition coefficient (Wildman–Crippen LogP) is 1.19. The molecule has 0 heterocycles. The Morgan fingerprint density at radius 2 is 1.68 bits per heavy atom. The Hall–Kier alpha value is -2.29. The van der Waals surface area contributed by atoms with E-state index in [1.807, 2.05) is 0 Å². The van der Waals surface area contributed by atoms with Gasteiger partial charge in [-0.25, -0.2) is 4.79 Å². The van der Waals surface area contributed by atoms with Crippen molar-refractivity contribution in [3.8, 4) is 0 Å². The summed E-state index contributed by atoms with van der Waals surface area (Å²) in [5.74, 6) is -2.40. The summed E-state index contributed by atoms with van der Waals surface area (Å²) < 4.78 is 47.4. The highest BCUT2D eigenvalue weighted by Gasteiger charge is 2.62. The van der Waals surface area contributed by atoms with Crippen molar-refractivity contribution in [2.45, 2.75) is 11.8 Å². The zero-order chi connectivity index (χ0) is 17.0. The van der Waals surface area contributed by atoms with Gasteiger partial charge in [-0.2, -0.15) is 13.2 Å². The van der Waals surface area contributed by atoms with E-state index in [2.05, 4.69) is 14.8 Å². The molecular weight excluding hydrogens is 307 g/mol. The summed E-state index contributed by atoms with van der Waals surface area (Å²) in [5.41, 5.74) is -4.15. The standard InChI is InChI=1S/C13H14F3NO5/c1-21-10(18)7-17-9-5-3-8(4-6-9)12(20,11(19)22-2)13(14,15)16/h3-6,17,20H,7H2,1-2H3/t12-/m0/s1. The number of nitrogens with one attached hydrogen (secondary N) is 1. The summed E-state index contributed by atoms with van der Waals surface area (Å²) in [6, 6.07) is 4.17. The number of rotatable bonds is 5. The van der Waals surface area contributed by atoms with Crippen LogP contribution in [-0.2, 0) is 24.7 Å². The van der Waals surface area contributed by atoms with Gasteiger partial charge in [0.05, 0.1) is 14.2 Å². The number of alkyl halides is 3. The predicted molar refractivity (Wildman–Crippen MR) is 68.9 cm³/mol. The number of anilines is 1. The Labute approximate surface area is 123 Å². The van der Waals surface area contributed by atoms with E-state index in [1.165, 1.54) is 19.2 Å². The fourth-order valence-electron chi connectivity index (χ4n) is 1.62. The van der Waals surface area contributed by atoms with E-state index >= 15 is 0 Å². The second-order valence-electron chi connectivity index (χ2n) is 4.21. The maximum absolute atomic E-state index is 13.0. The molecule has 0 aliphatic rings. The smallest absolute Gasteiger partial charge is 0.432 e. The van der Waals surface area contributed by atoms with Crippen LogP contribution in [-0.4, -0.2) is 44.0 Å². The first-order valence-corrected chi connectivity index (χ1v) is 5.95. The number of carbonyl (C=O) groups excluding carboxylic acids is 2. The highest BCUT2D eigenvalue weighted by atomic mass is 19.4. The van der Waals surface area contributed by atoms with E-state index in [0.717, 1.165) is 19.2 Å². The van der Waals surface area contributed by atoms with Crippen LogP contribution in [0.2, 0.25) is 0 Å². The summed E-state index contributed by atoms with van der Waals surface area (Å²) in [7, 11) is 1.93. The molecule has 0 bridgehead atoms. The van der Waals surface area contributed by atoms with E-state index in [4.69, 9.17) is 0 Å². The van der Waals surface area contributed by atoms with Gasteiger partial charge in [0.25, 0.3) is 5.60 Å². The van der Waals surface area contributed by atoms with Crippen molar-refractivity contribution in [1.82, 2.24) is 0 Å². The van der Waals surface area contributed by atoms with Gasteiger partial charge in [0, 0.05) is 11.3 Å². The first-order valence-electron chi connectivity index (χ1n) is 5.95. The third-order valence-corrected chi connectivity index (χ3v) is 2.86. The molecule has 2 N–H and O–H groups in total. The molecule has 6 nitrogen and oxygen atoms in total. The average molecular weight is 321 g/mol. The van der Waals surface area contributed by atoms with Crippen molar-refractivity contribution in [3.05, 3.63) is 29.8 Å². The van der Waals surface area contributed by atoms with Crippen molar-refractivity contribution in [2.75, 3.05) is 26.1 Å². The fourth-order valence-corrected chi connectivity index (χ4v) is 1.62. The molecule has 1 rings (SSSR count). The number of aliphatic hydroxyl groups is 1. The average Bonchev–Trinajstić information content (AvgIpc) is 2.50. The second kappa shape index (κ2) is 6.65. The Morgan fingerprint density at radius 3 is 2.09 bits per heavy atom. The van der Waals surface area contributed by atoms with Gasteiger partial charge in [-0.3, -0.25) is 4.79 Å². The zero-order valence-electron chi connectivity index (χ0n) is 11.7. The van der Waals surface area contributed by atoms with Crippen LogP contribution < -0.4 is 5.32 Å². The normalized spacial score (nSPS) is 13.9. The number of benzene rings is 1. The molecule has 0 spiro atoms. The monoisotopic (exact) mass is 321 g/mol. The summed E-state index contributed by atoms with van der Waals surface area (Å²) in [4.78, 5) is 22.3. The van der Waals surface area contributed by atoms with Gasteiger partial charge in [-0.05, 0) is 12.1 Å². The van der Waals surface area contributed by atoms with Crippen molar-refractivity contribution in [3.63, 3.8) is 0 Å². The van der Waals surface area contributed by atoms with Gasteiger partial charge < -0.3 is 19.9 Å². The molecule has 0 aromatic heterocycles. The first kappa shape index (κ1) is 17.8. The van der Waals surface area contributed by atoms with Crippen LogP contribution in [0.25, 0.3) is 0 Å². The summed E-state index contributed by atoms with van der Waals surface area (Å²) >= 11 is 0. The van der Waals surface area contributed by atoms with Crippen molar-refractivity contribution in [2.24, 2.45) is 0 Å². The molecule has 1 aromatic carbocycles. The molecule has 0 aliphatic heterocycles. The lowest BCUT2D eigenvalue weighted by atomic mass is 9.93. The van der Waals surface area contributed by atoms with Crippen LogP contribution in [0.3, 0.4) is 0 Å². The van der Waals surface area contributed by atoms with Crippen molar-refractivity contribution < 1.29 is 37.3 Å². The molecule has 1 aromatic rings. The van der Waals surface area contributed by atoms with E-state index < -0.39 is 29.3 Å². The van der Waals surface area contributed by atoms with Crippen LogP contribution in [0.5, 0.6) is 0 Å². The van der Waals surface area contributed by atoms with E-state index in [-0.39, 0.29) is 6.54 Å². The third-order valence-electron chi connectivity index (χ3n) is 2.86.